The topological polar surface area (TPSA) is 42.0 Å². The molecule has 0 saturated heterocycles. The Kier molecular flexibility index (Phi) is 3.35. The summed E-state index contributed by atoms with van der Waals surface area (Å²) in [4.78, 5) is 15.7. The molecular weight excluding hydrogens is 212 g/mol. The number of pyridine rings is 1. The van der Waals surface area contributed by atoms with E-state index in [1.807, 2.05) is 33.8 Å². The zero-order valence-electron chi connectivity index (χ0n) is 9.39. The van der Waals surface area contributed by atoms with Gasteiger partial charge in [0.1, 0.15) is 11.0 Å². The summed E-state index contributed by atoms with van der Waals surface area (Å²) in [6, 6.07) is 3.57. The zero-order chi connectivity index (χ0) is 11.6. The molecule has 0 aliphatic rings. The van der Waals surface area contributed by atoms with E-state index >= 15 is 0 Å². The molecule has 0 fully saturated rings. The van der Waals surface area contributed by atoms with E-state index in [-0.39, 0.29) is 5.91 Å². The highest BCUT2D eigenvalue weighted by atomic mass is 35.5. The summed E-state index contributed by atoms with van der Waals surface area (Å²) >= 11 is 5.85. The van der Waals surface area contributed by atoms with Crippen LogP contribution >= 0.6 is 11.6 Å². The van der Waals surface area contributed by atoms with Gasteiger partial charge in [0.25, 0.3) is 0 Å². The molecule has 0 bridgehead atoms. The first-order valence-electron chi connectivity index (χ1n) is 4.75. The number of amides is 1. The first-order valence-corrected chi connectivity index (χ1v) is 5.13. The van der Waals surface area contributed by atoms with E-state index in [4.69, 9.17) is 11.6 Å². The molecule has 1 amide bonds. The highest BCUT2D eigenvalue weighted by Crippen LogP contribution is 2.19. The molecular formula is C11H15ClN2O. The molecule has 0 aliphatic carbocycles. The number of carbonyl (C=O) groups excluding carboxylic acids is 1. The molecule has 0 aliphatic heterocycles. The quantitative estimate of drug-likeness (QED) is 0.748. The number of anilines is 1. The molecule has 0 saturated carbocycles. The summed E-state index contributed by atoms with van der Waals surface area (Å²) < 4.78 is 0. The number of hydrogen-bond acceptors (Lipinski definition) is 2. The highest BCUT2D eigenvalue weighted by Gasteiger charge is 2.21. The van der Waals surface area contributed by atoms with E-state index in [9.17, 15) is 4.79 Å². The van der Waals surface area contributed by atoms with Gasteiger partial charge in [-0.3, -0.25) is 4.79 Å². The van der Waals surface area contributed by atoms with E-state index in [1.54, 1.807) is 6.07 Å². The fourth-order valence-electron chi connectivity index (χ4n) is 0.877. The van der Waals surface area contributed by atoms with Crippen LogP contribution in [0.15, 0.2) is 12.1 Å². The second kappa shape index (κ2) is 4.19. The lowest BCUT2D eigenvalue weighted by Crippen LogP contribution is -2.28. The van der Waals surface area contributed by atoms with E-state index in [2.05, 4.69) is 10.3 Å². The summed E-state index contributed by atoms with van der Waals surface area (Å²) in [6.45, 7) is 7.40. The van der Waals surface area contributed by atoms with Crippen LogP contribution in [0, 0.1) is 12.3 Å². The molecule has 0 aromatic carbocycles. The number of carbonyl (C=O) groups is 1. The molecule has 0 radical (unpaired) electrons. The van der Waals surface area contributed by atoms with Crippen LogP contribution in [-0.4, -0.2) is 10.9 Å². The number of aromatic nitrogens is 1. The van der Waals surface area contributed by atoms with Crippen molar-refractivity contribution in [2.24, 2.45) is 5.41 Å². The summed E-state index contributed by atoms with van der Waals surface area (Å²) in [5, 5.41) is 3.13. The van der Waals surface area contributed by atoms with E-state index < -0.39 is 5.41 Å². The normalized spacial score (nSPS) is 11.3. The Hall–Kier alpha value is -1.09. The average molecular weight is 227 g/mol. The van der Waals surface area contributed by atoms with E-state index in [0.717, 1.165) is 5.56 Å². The molecule has 0 spiro atoms. The molecule has 82 valence electrons. The van der Waals surface area contributed by atoms with Crippen LogP contribution in [0.25, 0.3) is 0 Å². The standard InChI is InChI=1S/C11H15ClN2O/c1-7-5-6-8(13-9(7)12)14-10(15)11(2,3)4/h5-6H,1-4H3,(H,13,14,15). The molecule has 0 unspecified atom stereocenters. The van der Waals surface area contributed by atoms with E-state index in [1.165, 1.54) is 0 Å². The van der Waals surface area contributed by atoms with Crippen molar-refractivity contribution in [2.45, 2.75) is 27.7 Å². The fraction of sp³-hybridized carbons (Fsp3) is 0.455. The predicted molar refractivity (Wildman–Crippen MR) is 62.1 cm³/mol. The van der Waals surface area contributed by atoms with Gasteiger partial charge in [-0.2, -0.15) is 0 Å². The molecule has 15 heavy (non-hydrogen) atoms. The minimum atomic E-state index is -0.432. The minimum Gasteiger partial charge on any atom is -0.310 e. The second-order valence-electron chi connectivity index (χ2n) is 4.51. The van der Waals surface area contributed by atoms with Crippen molar-refractivity contribution in [3.63, 3.8) is 0 Å². The largest absolute Gasteiger partial charge is 0.310 e. The van der Waals surface area contributed by atoms with Gasteiger partial charge in [-0.15, -0.1) is 0 Å². The minimum absolute atomic E-state index is 0.0741. The third kappa shape index (κ3) is 3.20. The van der Waals surface area contributed by atoms with Gasteiger partial charge in [0.15, 0.2) is 0 Å². The fourth-order valence-corrected chi connectivity index (χ4v) is 1.03. The van der Waals surface area contributed by atoms with Gasteiger partial charge in [0.05, 0.1) is 0 Å². The average Bonchev–Trinajstić information content (AvgIpc) is 2.10. The number of nitrogens with one attached hydrogen (secondary N) is 1. The molecule has 3 nitrogen and oxygen atoms in total. The highest BCUT2D eigenvalue weighted by molar-refractivity contribution is 6.30. The lowest BCUT2D eigenvalue weighted by atomic mass is 9.96. The molecule has 1 N–H and O–H groups in total. The van der Waals surface area contributed by atoms with Gasteiger partial charge in [0, 0.05) is 5.41 Å². The Morgan fingerprint density at radius 2 is 2.00 bits per heavy atom. The number of halogens is 1. The lowest BCUT2D eigenvalue weighted by molar-refractivity contribution is -0.123. The second-order valence-corrected chi connectivity index (χ2v) is 4.87. The smallest absolute Gasteiger partial charge is 0.230 e. The van der Waals surface area contributed by atoms with Crippen molar-refractivity contribution < 1.29 is 4.79 Å². The Morgan fingerprint density at radius 3 is 2.47 bits per heavy atom. The van der Waals surface area contributed by atoms with Crippen LogP contribution in [0.1, 0.15) is 26.3 Å². The van der Waals surface area contributed by atoms with Crippen molar-refractivity contribution in [1.82, 2.24) is 4.98 Å². The third-order valence-corrected chi connectivity index (χ3v) is 2.34. The summed E-state index contributed by atoms with van der Waals surface area (Å²) in [5.41, 5.74) is 0.462. The summed E-state index contributed by atoms with van der Waals surface area (Å²) in [5.74, 6) is 0.417. The monoisotopic (exact) mass is 226 g/mol. The Morgan fingerprint density at radius 1 is 1.40 bits per heavy atom. The van der Waals surface area contributed by atoms with Gasteiger partial charge in [-0.1, -0.05) is 38.4 Å². The maximum atomic E-state index is 11.6. The number of hydrogen-bond donors (Lipinski definition) is 1. The van der Waals surface area contributed by atoms with Crippen LogP contribution in [0.4, 0.5) is 5.82 Å². The van der Waals surface area contributed by atoms with Crippen LogP contribution in [-0.2, 0) is 4.79 Å². The lowest BCUT2D eigenvalue weighted by Gasteiger charge is -2.17. The van der Waals surface area contributed by atoms with Crippen molar-refractivity contribution in [1.29, 1.82) is 0 Å². The SMILES string of the molecule is Cc1ccc(NC(=O)C(C)(C)C)nc1Cl. The van der Waals surface area contributed by atoms with Gasteiger partial charge in [-0.05, 0) is 18.6 Å². The molecule has 1 aromatic rings. The van der Waals surface area contributed by atoms with Crippen molar-refractivity contribution in [3.8, 4) is 0 Å². The van der Waals surface area contributed by atoms with Crippen LogP contribution in [0.3, 0.4) is 0 Å². The van der Waals surface area contributed by atoms with Gasteiger partial charge in [-0.25, -0.2) is 4.98 Å². The van der Waals surface area contributed by atoms with Crippen LogP contribution in [0.2, 0.25) is 5.15 Å². The predicted octanol–water partition coefficient (Wildman–Crippen LogP) is 3.03. The van der Waals surface area contributed by atoms with Crippen LogP contribution < -0.4 is 5.32 Å². The van der Waals surface area contributed by atoms with Gasteiger partial charge < -0.3 is 5.32 Å². The molecule has 1 aromatic heterocycles. The Labute approximate surface area is 94.9 Å². The Balaban J connectivity index is 2.83. The summed E-state index contributed by atoms with van der Waals surface area (Å²) in [6.07, 6.45) is 0. The zero-order valence-corrected chi connectivity index (χ0v) is 10.1. The molecule has 1 heterocycles. The first kappa shape index (κ1) is 12.0. The van der Waals surface area contributed by atoms with Crippen molar-refractivity contribution in [2.75, 3.05) is 5.32 Å². The summed E-state index contributed by atoms with van der Waals surface area (Å²) in [7, 11) is 0. The molecule has 1 rings (SSSR count). The number of nitrogens with zero attached hydrogens (tertiary/aromatic N) is 1. The number of aryl methyl sites for hydroxylation is 1. The third-order valence-electron chi connectivity index (χ3n) is 1.96. The molecule has 0 atom stereocenters. The Bertz CT molecular complexity index is 383. The molecule has 4 heteroatoms. The number of rotatable bonds is 1. The first-order chi connectivity index (χ1) is 6.80. The van der Waals surface area contributed by atoms with Gasteiger partial charge >= 0.3 is 0 Å². The van der Waals surface area contributed by atoms with E-state index in [0.29, 0.717) is 11.0 Å². The van der Waals surface area contributed by atoms with Crippen LogP contribution in [0.5, 0.6) is 0 Å². The van der Waals surface area contributed by atoms with Gasteiger partial charge in [0.2, 0.25) is 5.91 Å². The van der Waals surface area contributed by atoms with Crippen molar-refractivity contribution in [3.05, 3.63) is 22.8 Å². The maximum absolute atomic E-state index is 11.6. The maximum Gasteiger partial charge on any atom is 0.230 e. The van der Waals surface area contributed by atoms with Crippen molar-refractivity contribution >= 4 is 23.3 Å².